The van der Waals surface area contributed by atoms with Crippen LogP contribution in [0.3, 0.4) is 0 Å². The predicted molar refractivity (Wildman–Crippen MR) is 98.3 cm³/mol. The minimum absolute atomic E-state index is 0.318. The number of rotatable bonds is 8. The molecule has 0 radical (unpaired) electrons. The van der Waals surface area contributed by atoms with Crippen LogP contribution in [0.1, 0.15) is 60.3 Å². The summed E-state index contributed by atoms with van der Waals surface area (Å²) in [6.07, 6.45) is 7.66. The first-order chi connectivity index (χ1) is 8.66. The largest absolute Gasteiger partial charge is 0.543 e. The molecule has 0 amide bonds. The molecule has 0 rings (SSSR count). The van der Waals surface area contributed by atoms with Crippen LogP contribution in [0.4, 0.5) is 0 Å². The maximum absolute atomic E-state index is 5.93. The van der Waals surface area contributed by atoms with E-state index in [9.17, 15) is 0 Å². The van der Waals surface area contributed by atoms with Gasteiger partial charge in [-0.2, -0.15) is 0 Å². The Morgan fingerprint density at radius 1 is 1.32 bits per heavy atom. The van der Waals surface area contributed by atoms with E-state index in [1.54, 1.807) is 0 Å². The Labute approximate surface area is 136 Å². The van der Waals surface area contributed by atoms with Gasteiger partial charge in [0, 0.05) is 0 Å². The van der Waals surface area contributed by atoms with Gasteiger partial charge in [0.2, 0.25) is 9.04 Å². The first-order valence-corrected chi connectivity index (χ1v) is 11.6. The molecule has 19 heavy (non-hydrogen) atoms. The fraction of sp³-hybridized carbons (Fsp3) is 0.875. The lowest BCUT2D eigenvalue weighted by Crippen LogP contribution is -2.21. The smallest absolute Gasteiger partial charge is 0.230 e. The summed E-state index contributed by atoms with van der Waals surface area (Å²) >= 11 is 2.36. The highest BCUT2D eigenvalue weighted by atomic mass is 127. The zero-order valence-electron chi connectivity index (χ0n) is 13.9. The molecule has 0 aliphatic carbocycles. The second kappa shape index (κ2) is 9.43. The van der Waals surface area contributed by atoms with Gasteiger partial charge in [-0.25, -0.2) is 0 Å². The van der Waals surface area contributed by atoms with E-state index in [0.717, 1.165) is 9.68 Å². The lowest BCUT2D eigenvalue weighted by molar-refractivity contribution is 0.238. The van der Waals surface area contributed by atoms with Crippen LogP contribution in [0.2, 0.25) is 13.1 Å². The summed E-state index contributed by atoms with van der Waals surface area (Å²) < 4.78 is 7.04. The lowest BCUT2D eigenvalue weighted by atomic mass is 9.75. The summed E-state index contributed by atoms with van der Waals surface area (Å²) in [4.78, 5) is 0. The zero-order chi connectivity index (χ0) is 15.1. The van der Waals surface area contributed by atoms with E-state index in [-0.39, 0.29) is 0 Å². The highest BCUT2D eigenvalue weighted by Crippen LogP contribution is 2.35. The first kappa shape index (κ1) is 19.5. The molecule has 0 saturated carbocycles. The molecule has 0 saturated heterocycles. The van der Waals surface area contributed by atoms with Gasteiger partial charge in [0.15, 0.2) is 0 Å². The van der Waals surface area contributed by atoms with Crippen LogP contribution in [0, 0.1) is 17.3 Å². The van der Waals surface area contributed by atoms with Crippen LogP contribution in [-0.2, 0) is 4.43 Å². The van der Waals surface area contributed by atoms with Gasteiger partial charge in [0.1, 0.15) is 3.77 Å². The molecule has 3 heteroatoms. The van der Waals surface area contributed by atoms with Crippen molar-refractivity contribution >= 4 is 31.6 Å². The predicted octanol–water partition coefficient (Wildman–Crippen LogP) is 6.14. The summed E-state index contributed by atoms with van der Waals surface area (Å²) in [6, 6.07) is 0. The van der Waals surface area contributed by atoms with Gasteiger partial charge in [-0.05, 0) is 65.4 Å². The SMILES string of the molecule is CCCC[C@@H](C)C[C@@H](C=C(I)O[SiH](C)C)C(C)(C)C. The quantitative estimate of drug-likeness (QED) is 0.272. The summed E-state index contributed by atoms with van der Waals surface area (Å²) in [7, 11) is -0.971. The third-order valence-corrected chi connectivity index (χ3v) is 5.32. The standard InChI is InChI=1S/C16H33IOSi/c1-8-9-10-13(2)11-14(16(3,4)5)12-15(17)18-19(6)7/h12-14,19H,8-11H2,1-7H3/t13-,14+/m1/s1. The molecule has 0 aliphatic heterocycles. The molecule has 0 heterocycles. The molecule has 0 aromatic carbocycles. The molecule has 0 spiro atoms. The van der Waals surface area contributed by atoms with E-state index in [2.05, 4.69) is 76.4 Å². The van der Waals surface area contributed by atoms with Gasteiger partial charge in [0.05, 0.1) is 0 Å². The average molecular weight is 396 g/mol. The van der Waals surface area contributed by atoms with Gasteiger partial charge in [0.25, 0.3) is 0 Å². The number of halogens is 1. The maximum atomic E-state index is 5.93. The molecule has 0 aliphatic rings. The summed E-state index contributed by atoms with van der Waals surface area (Å²) in [5.74, 6) is 1.42. The second-order valence-electron chi connectivity index (χ2n) is 7.09. The van der Waals surface area contributed by atoms with Crippen molar-refractivity contribution in [3.63, 3.8) is 0 Å². The molecule has 0 fully saturated rings. The van der Waals surface area contributed by atoms with E-state index in [4.69, 9.17) is 4.43 Å². The van der Waals surface area contributed by atoms with E-state index in [1.807, 2.05) is 0 Å². The minimum atomic E-state index is -0.971. The van der Waals surface area contributed by atoms with Crippen molar-refractivity contribution in [3.8, 4) is 0 Å². The Morgan fingerprint density at radius 2 is 1.89 bits per heavy atom. The third-order valence-electron chi connectivity index (χ3n) is 3.50. The number of unbranched alkanes of at least 4 members (excludes halogenated alkanes) is 1. The summed E-state index contributed by atoms with van der Waals surface area (Å²) in [6.45, 7) is 16.2. The molecule has 0 bridgehead atoms. The van der Waals surface area contributed by atoms with Crippen molar-refractivity contribution in [2.75, 3.05) is 0 Å². The molecule has 114 valence electrons. The maximum Gasteiger partial charge on any atom is 0.230 e. The average Bonchev–Trinajstić information content (AvgIpc) is 2.23. The molecule has 0 aromatic rings. The van der Waals surface area contributed by atoms with Gasteiger partial charge < -0.3 is 4.43 Å². The Balaban J connectivity index is 4.65. The molecule has 1 nitrogen and oxygen atoms in total. The second-order valence-corrected chi connectivity index (χ2v) is 10.5. The van der Waals surface area contributed by atoms with Crippen LogP contribution in [-0.4, -0.2) is 9.04 Å². The molecule has 0 unspecified atom stereocenters. The Hall–Kier alpha value is 0.487. The van der Waals surface area contributed by atoms with E-state index in [0.29, 0.717) is 11.3 Å². The Morgan fingerprint density at radius 3 is 2.32 bits per heavy atom. The van der Waals surface area contributed by atoms with Crippen LogP contribution in [0.25, 0.3) is 0 Å². The van der Waals surface area contributed by atoms with Crippen LogP contribution in [0.5, 0.6) is 0 Å². The minimum Gasteiger partial charge on any atom is -0.543 e. The number of hydrogen-bond acceptors (Lipinski definition) is 1. The van der Waals surface area contributed by atoms with Gasteiger partial charge in [-0.1, -0.05) is 53.9 Å². The van der Waals surface area contributed by atoms with Crippen molar-refractivity contribution in [2.24, 2.45) is 17.3 Å². The van der Waals surface area contributed by atoms with Gasteiger partial charge >= 0.3 is 0 Å². The van der Waals surface area contributed by atoms with Crippen LogP contribution >= 0.6 is 22.6 Å². The molecular formula is C16H33IOSi. The fourth-order valence-electron chi connectivity index (χ4n) is 2.20. The van der Waals surface area contributed by atoms with Crippen molar-refractivity contribution < 1.29 is 4.43 Å². The van der Waals surface area contributed by atoms with Crippen molar-refractivity contribution in [2.45, 2.75) is 73.4 Å². The first-order valence-electron chi connectivity index (χ1n) is 7.70. The monoisotopic (exact) mass is 396 g/mol. The van der Waals surface area contributed by atoms with E-state index in [1.165, 1.54) is 25.7 Å². The van der Waals surface area contributed by atoms with Crippen molar-refractivity contribution in [1.82, 2.24) is 0 Å². The normalized spacial score (nSPS) is 16.6. The lowest BCUT2D eigenvalue weighted by Gasteiger charge is -2.31. The highest BCUT2D eigenvalue weighted by Gasteiger charge is 2.25. The topological polar surface area (TPSA) is 9.23 Å². The summed E-state index contributed by atoms with van der Waals surface area (Å²) in [5.41, 5.74) is 0.318. The van der Waals surface area contributed by atoms with Gasteiger partial charge in [-0.15, -0.1) is 0 Å². The highest BCUT2D eigenvalue weighted by molar-refractivity contribution is 14.1. The molecule has 0 aromatic heterocycles. The fourth-order valence-corrected chi connectivity index (χ4v) is 4.69. The summed E-state index contributed by atoms with van der Waals surface area (Å²) in [5, 5.41) is 0. The molecular weight excluding hydrogens is 363 g/mol. The van der Waals surface area contributed by atoms with E-state index >= 15 is 0 Å². The molecule has 2 atom stereocenters. The van der Waals surface area contributed by atoms with Crippen molar-refractivity contribution in [3.05, 3.63) is 9.84 Å². The molecule has 0 N–H and O–H groups in total. The van der Waals surface area contributed by atoms with E-state index < -0.39 is 9.04 Å². The number of allylic oxidation sites excluding steroid dienone is 1. The van der Waals surface area contributed by atoms with Gasteiger partial charge in [-0.3, -0.25) is 0 Å². The zero-order valence-corrected chi connectivity index (χ0v) is 17.2. The van der Waals surface area contributed by atoms with Crippen LogP contribution < -0.4 is 0 Å². The Bertz CT molecular complexity index is 268. The Kier molecular flexibility index (Phi) is 9.67. The number of hydrogen-bond donors (Lipinski definition) is 0. The third kappa shape index (κ3) is 9.94. The van der Waals surface area contributed by atoms with Crippen molar-refractivity contribution in [1.29, 1.82) is 0 Å². The van der Waals surface area contributed by atoms with Crippen LogP contribution in [0.15, 0.2) is 9.84 Å².